The van der Waals surface area contributed by atoms with E-state index in [9.17, 15) is 18.0 Å². The largest absolute Gasteiger partial charge is 0.480 e. The van der Waals surface area contributed by atoms with Gasteiger partial charge in [0.15, 0.2) is 17.3 Å². The van der Waals surface area contributed by atoms with E-state index in [2.05, 4.69) is 19.9 Å². The topological polar surface area (TPSA) is 102 Å². The molecule has 2 saturated carbocycles. The Bertz CT molecular complexity index is 1820. The summed E-state index contributed by atoms with van der Waals surface area (Å²) < 4.78 is 62.5. The number of rotatable bonds is 8. The van der Waals surface area contributed by atoms with E-state index < -0.39 is 23.2 Å². The van der Waals surface area contributed by atoms with Crippen LogP contribution in [0.4, 0.5) is 29.1 Å². The molecule has 0 bridgehead atoms. The van der Waals surface area contributed by atoms with E-state index in [4.69, 9.17) is 9.72 Å². The molecule has 1 amide bonds. The number of aryl methyl sites for hydroxylation is 1. The van der Waals surface area contributed by atoms with E-state index >= 15 is 4.39 Å². The van der Waals surface area contributed by atoms with Crippen molar-refractivity contribution in [3.05, 3.63) is 59.7 Å². The quantitative estimate of drug-likeness (QED) is 0.229. The molecule has 0 radical (unpaired) electrons. The summed E-state index contributed by atoms with van der Waals surface area (Å²) in [4.78, 5) is 39.5. The highest BCUT2D eigenvalue weighted by atomic mass is 19.4. The zero-order valence-electron chi connectivity index (χ0n) is 24.9. The summed E-state index contributed by atoms with van der Waals surface area (Å²) >= 11 is 0. The number of imidazole rings is 1. The summed E-state index contributed by atoms with van der Waals surface area (Å²) in [5.74, 6) is 0.611. The summed E-state index contributed by atoms with van der Waals surface area (Å²) in [6.07, 6.45) is 2.49. The molecule has 14 heteroatoms. The van der Waals surface area contributed by atoms with Crippen molar-refractivity contribution in [2.45, 2.75) is 70.3 Å². The fourth-order valence-corrected chi connectivity index (χ4v) is 6.14. The molecule has 45 heavy (non-hydrogen) atoms. The number of carbonyl (C=O) groups is 1. The van der Waals surface area contributed by atoms with Crippen molar-refractivity contribution in [1.82, 2.24) is 29.5 Å². The second-order valence-corrected chi connectivity index (χ2v) is 11.5. The molecule has 0 atom stereocenters. The molecule has 0 N–H and O–H groups in total. The first-order chi connectivity index (χ1) is 21.6. The number of hydrogen-bond acceptors (Lipinski definition) is 8. The maximum absolute atomic E-state index is 15.6. The predicted octanol–water partition coefficient (Wildman–Crippen LogP) is 5.77. The van der Waals surface area contributed by atoms with Crippen LogP contribution in [-0.4, -0.2) is 54.6 Å². The van der Waals surface area contributed by atoms with Crippen molar-refractivity contribution in [2.24, 2.45) is 0 Å². The molecule has 2 aliphatic carbocycles. The smallest absolute Gasteiger partial charge is 0.434 e. The molecule has 7 rings (SSSR count). The average molecular weight is 623 g/mol. The zero-order valence-corrected chi connectivity index (χ0v) is 24.9. The van der Waals surface area contributed by atoms with Gasteiger partial charge in [-0.3, -0.25) is 4.79 Å². The van der Waals surface area contributed by atoms with Crippen LogP contribution in [0.2, 0.25) is 0 Å². The molecule has 4 aromatic rings. The molecular formula is C31H30F4N8O2. The molecule has 1 aliphatic heterocycles. The molecule has 10 nitrogen and oxygen atoms in total. The van der Waals surface area contributed by atoms with Gasteiger partial charge in [0.1, 0.15) is 34.8 Å². The minimum atomic E-state index is -4.65. The number of fused-ring (bicyclic) bond motifs is 1. The van der Waals surface area contributed by atoms with Crippen molar-refractivity contribution < 1.29 is 27.1 Å². The van der Waals surface area contributed by atoms with E-state index in [-0.39, 0.29) is 36.3 Å². The number of carbonyl (C=O) groups excluding carboxylic acids is 1. The maximum Gasteiger partial charge on any atom is 0.434 e. The zero-order chi connectivity index (χ0) is 31.7. The number of hydrogen-bond donors (Lipinski definition) is 0. The summed E-state index contributed by atoms with van der Waals surface area (Å²) in [6.45, 7) is 4.29. The van der Waals surface area contributed by atoms with Crippen molar-refractivity contribution >= 4 is 17.4 Å². The van der Waals surface area contributed by atoms with Gasteiger partial charge in [-0.05, 0) is 57.2 Å². The molecule has 4 heterocycles. The van der Waals surface area contributed by atoms with Crippen LogP contribution in [0.15, 0.2) is 36.9 Å². The Kier molecular flexibility index (Phi) is 6.78. The first-order valence-electron chi connectivity index (χ1n) is 14.9. The van der Waals surface area contributed by atoms with Crippen LogP contribution >= 0.6 is 0 Å². The van der Waals surface area contributed by atoms with Crippen LogP contribution < -0.4 is 14.5 Å². The van der Waals surface area contributed by atoms with Crippen LogP contribution in [-0.2, 0) is 24.1 Å². The molecule has 3 aromatic heterocycles. The number of methoxy groups -OCH3 is 1. The number of halogens is 4. The molecular weight excluding hydrogens is 592 g/mol. The van der Waals surface area contributed by atoms with Crippen molar-refractivity contribution in [3.63, 3.8) is 0 Å². The lowest BCUT2D eigenvalue weighted by molar-refractivity contribution is -0.140. The number of benzene rings is 1. The summed E-state index contributed by atoms with van der Waals surface area (Å²) in [7, 11) is 1.53. The first-order valence-corrected chi connectivity index (χ1v) is 14.9. The molecule has 2 fully saturated rings. The number of anilines is 2. The van der Waals surface area contributed by atoms with Gasteiger partial charge >= 0.3 is 6.18 Å². The van der Waals surface area contributed by atoms with E-state index in [1.165, 1.54) is 30.1 Å². The van der Waals surface area contributed by atoms with Crippen LogP contribution in [0.25, 0.3) is 22.8 Å². The Labute approximate surface area is 256 Å². The Morgan fingerprint density at radius 2 is 1.84 bits per heavy atom. The predicted molar refractivity (Wildman–Crippen MR) is 156 cm³/mol. The number of alkyl halides is 3. The van der Waals surface area contributed by atoms with Gasteiger partial charge in [-0.25, -0.2) is 29.3 Å². The van der Waals surface area contributed by atoms with Gasteiger partial charge in [0.25, 0.3) is 5.91 Å². The highest BCUT2D eigenvalue weighted by molar-refractivity contribution is 6.09. The van der Waals surface area contributed by atoms with Crippen LogP contribution in [0.3, 0.4) is 0 Å². The molecule has 0 unspecified atom stereocenters. The standard InChI is InChI=1S/C31H30F4N8O2/c1-4-41-15-22(31(33,34)35)39-26(41)19-9-6-17(12-20(19)32)14-43-27-21(42(5-2)29(44)30(43)10-11-30)13-36-25(40-27)23-24(18-7-8-18)37-16-38-28(23)45-3/h6,9,12-13,15-16,18H,4-5,7-8,10-11,14H2,1-3H3. The number of likely N-dealkylation sites (N-methyl/N-ethyl adjacent to an activating group) is 1. The van der Waals surface area contributed by atoms with Crippen molar-refractivity contribution in [2.75, 3.05) is 23.5 Å². The average Bonchev–Trinajstić information content (AvgIpc) is 3.96. The van der Waals surface area contributed by atoms with Crippen LogP contribution in [0.1, 0.15) is 62.4 Å². The Hall–Kier alpha value is -4.62. The molecule has 0 saturated heterocycles. The van der Waals surface area contributed by atoms with E-state index in [1.807, 2.05) is 11.8 Å². The second-order valence-electron chi connectivity index (χ2n) is 11.5. The van der Waals surface area contributed by atoms with E-state index in [1.54, 1.807) is 24.1 Å². The monoisotopic (exact) mass is 622 g/mol. The summed E-state index contributed by atoms with van der Waals surface area (Å²) in [5, 5.41) is 0. The minimum Gasteiger partial charge on any atom is -0.480 e. The van der Waals surface area contributed by atoms with Gasteiger partial charge in [-0.15, -0.1) is 0 Å². The minimum absolute atomic E-state index is 0.0436. The van der Waals surface area contributed by atoms with Crippen LogP contribution in [0, 0.1) is 5.82 Å². The SMILES string of the molecule is CCN1C(=O)C2(CC2)N(Cc2ccc(-c3nc(C(F)(F)F)cn3CC)c(F)c2)c2nc(-c3c(OC)ncnc3C3CC3)ncc21. The molecule has 1 aromatic carbocycles. The highest BCUT2D eigenvalue weighted by Crippen LogP contribution is 2.53. The first kappa shape index (κ1) is 29.1. The third-order valence-corrected chi connectivity index (χ3v) is 8.74. The number of aromatic nitrogens is 6. The number of ether oxygens (including phenoxy) is 1. The normalized spacial score (nSPS) is 17.2. The van der Waals surface area contributed by atoms with Gasteiger partial charge in [0, 0.05) is 31.7 Å². The third-order valence-electron chi connectivity index (χ3n) is 8.74. The summed E-state index contributed by atoms with van der Waals surface area (Å²) in [5.41, 5.74) is 0.507. The number of nitrogens with zero attached hydrogens (tertiary/aromatic N) is 8. The van der Waals surface area contributed by atoms with Gasteiger partial charge in [-0.1, -0.05) is 6.07 Å². The fourth-order valence-electron chi connectivity index (χ4n) is 6.14. The van der Waals surface area contributed by atoms with Gasteiger partial charge in [0.05, 0.1) is 24.6 Å². The highest BCUT2D eigenvalue weighted by Gasteiger charge is 2.60. The Morgan fingerprint density at radius 1 is 1.07 bits per heavy atom. The molecule has 1 spiro atoms. The van der Waals surface area contributed by atoms with Crippen molar-refractivity contribution in [3.8, 4) is 28.7 Å². The van der Waals surface area contributed by atoms with E-state index in [0.29, 0.717) is 53.7 Å². The van der Waals surface area contributed by atoms with Gasteiger partial charge in [-0.2, -0.15) is 13.2 Å². The molecule has 234 valence electrons. The van der Waals surface area contributed by atoms with Gasteiger partial charge < -0.3 is 19.1 Å². The lowest BCUT2D eigenvalue weighted by Gasteiger charge is -2.42. The fraction of sp³-hybridized carbons (Fsp3) is 0.419. The van der Waals surface area contributed by atoms with Gasteiger partial charge in [0.2, 0.25) is 5.88 Å². The lowest BCUT2D eigenvalue weighted by Crippen LogP contribution is -2.55. The summed E-state index contributed by atoms with van der Waals surface area (Å²) in [6, 6.07) is 4.36. The molecule has 3 aliphatic rings. The maximum atomic E-state index is 15.6. The Balaban J connectivity index is 1.30. The third kappa shape index (κ3) is 4.77. The second kappa shape index (κ2) is 10.5. The lowest BCUT2D eigenvalue weighted by atomic mass is 10.0. The van der Waals surface area contributed by atoms with Crippen molar-refractivity contribution in [1.29, 1.82) is 0 Å². The number of amides is 1. The Morgan fingerprint density at radius 3 is 2.47 bits per heavy atom. The van der Waals surface area contributed by atoms with E-state index in [0.717, 1.165) is 24.7 Å². The van der Waals surface area contributed by atoms with Crippen LogP contribution in [0.5, 0.6) is 5.88 Å².